The zero-order valence-corrected chi connectivity index (χ0v) is 20.7. The van der Waals surface area contributed by atoms with Crippen molar-refractivity contribution in [2.75, 3.05) is 19.8 Å². The van der Waals surface area contributed by atoms with Crippen molar-refractivity contribution in [3.05, 3.63) is 95.1 Å². The molecule has 1 aliphatic carbocycles. The average molecular weight is 524 g/mol. The monoisotopic (exact) mass is 523 g/mol. The number of fused-ring (bicyclic) bond motifs is 5. The maximum Gasteiger partial charge on any atom is 0.416 e. The Hall–Kier alpha value is -3.36. The second-order valence-corrected chi connectivity index (χ2v) is 10.5. The first kappa shape index (κ1) is 24.9. The molecule has 6 rings (SSSR count). The Labute approximate surface area is 218 Å². The van der Waals surface area contributed by atoms with Crippen molar-refractivity contribution in [2.45, 2.75) is 49.0 Å². The number of hydrogen-bond acceptors (Lipinski definition) is 4. The van der Waals surface area contributed by atoms with Crippen LogP contribution in [-0.4, -0.2) is 53.6 Å². The van der Waals surface area contributed by atoms with E-state index in [1.54, 1.807) is 11.0 Å². The Morgan fingerprint density at radius 2 is 1.47 bits per heavy atom. The normalized spacial score (nSPS) is 24.6. The van der Waals surface area contributed by atoms with Gasteiger partial charge in [0.25, 0.3) is 0 Å². The highest BCUT2D eigenvalue weighted by Gasteiger charge is 2.49. The number of benzene rings is 3. The molecule has 3 aromatic carbocycles. The van der Waals surface area contributed by atoms with Crippen LogP contribution in [0.2, 0.25) is 0 Å². The van der Waals surface area contributed by atoms with E-state index in [1.165, 1.54) is 12.1 Å². The van der Waals surface area contributed by atoms with E-state index in [2.05, 4.69) is 24.3 Å². The highest BCUT2D eigenvalue weighted by molar-refractivity contribution is 5.79. The number of carbonyl (C=O) groups is 1. The minimum atomic E-state index is -4.51. The third-order valence-electron chi connectivity index (χ3n) is 8.03. The predicted octanol–water partition coefficient (Wildman–Crippen LogP) is 5.79. The van der Waals surface area contributed by atoms with Gasteiger partial charge in [0.15, 0.2) is 0 Å². The minimum Gasteiger partial charge on any atom is -0.448 e. The van der Waals surface area contributed by atoms with Crippen LogP contribution in [0.25, 0.3) is 11.1 Å². The van der Waals surface area contributed by atoms with Crippen LogP contribution < -0.4 is 0 Å². The van der Waals surface area contributed by atoms with Crippen LogP contribution in [0.3, 0.4) is 0 Å². The first-order valence-corrected chi connectivity index (χ1v) is 12.8. The van der Waals surface area contributed by atoms with Crippen LogP contribution in [0.4, 0.5) is 18.0 Å². The van der Waals surface area contributed by atoms with Gasteiger partial charge in [0.2, 0.25) is 0 Å². The molecule has 3 aromatic rings. The van der Waals surface area contributed by atoms with Crippen LogP contribution in [0.5, 0.6) is 0 Å². The summed E-state index contributed by atoms with van der Waals surface area (Å²) < 4.78 is 52.2. The van der Waals surface area contributed by atoms with Gasteiger partial charge in [-0.3, -0.25) is 4.90 Å². The second-order valence-electron chi connectivity index (χ2n) is 10.5. The number of halogens is 3. The van der Waals surface area contributed by atoms with Gasteiger partial charge in [-0.25, -0.2) is 4.79 Å². The van der Waals surface area contributed by atoms with Crippen molar-refractivity contribution >= 4 is 6.09 Å². The molecule has 2 unspecified atom stereocenters. The first-order chi connectivity index (χ1) is 18.2. The summed E-state index contributed by atoms with van der Waals surface area (Å²) in [6.07, 6.45) is -4.91. The van der Waals surface area contributed by atoms with Crippen LogP contribution in [0.15, 0.2) is 72.8 Å². The van der Waals surface area contributed by atoms with E-state index < -0.39 is 35.5 Å². The quantitative estimate of drug-likeness (QED) is 0.470. The predicted molar refractivity (Wildman–Crippen MR) is 135 cm³/mol. The van der Waals surface area contributed by atoms with Crippen molar-refractivity contribution in [2.24, 2.45) is 0 Å². The summed E-state index contributed by atoms with van der Waals surface area (Å²) in [5.74, 6) is -0.0805. The number of piperidine rings is 1. The molecule has 0 spiro atoms. The standard InChI is InChI=1S/C30H28F3NO4/c31-30(32,33)27-12-6-1-7-19(27)13-29(36)14-20-16-37-17-21(15-29)34(20)28(35)38-18-26-24-10-4-2-8-22(24)23-9-3-5-11-25(23)26/h1-12,20-21,26,36H,13-18H2. The van der Waals surface area contributed by atoms with Crippen molar-refractivity contribution in [3.63, 3.8) is 0 Å². The maximum absolute atomic E-state index is 13.6. The molecule has 0 radical (unpaired) electrons. The zero-order valence-electron chi connectivity index (χ0n) is 20.7. The highest BCUT2D eigenvalue weighted by Crippen LogP contribution is 2.45. The zero-order chi connectivity index (χ0) is 26.5. The van der Waals surface area contributed by atoms with E-state index in [9.17, 15) is 23.1 Å². The molecule has 198 valence electrons. The fourth-order valence-corrected chi connectivity index (χ4v) is 6.49. The van der Waals surface area contributed by atoms with Crippen LogP contribution >= 0.6 is 0 Å². The molecule has 0 aromatic heterocycles. The summed E-state index contributed by atoms with van der Waals surface area (Å²) >= 11 is 0. The Bertz CT molecular complexity index is 1300. The number of aliphatic hydroxyl groups is 1. The fraction of sp³-hybridized carbons (Fsp3) is 0.367. The smallest absolute Gasteiger partial charge is 0.416 e. The number of nitrogens with zero attached hydrogens (tertiary/aromatic N) is 1. The van der Waals surface area contributed by atoms with E-state index in [1.807, 2.05) is 24.3 Å². The number of amides is 1. The summed E-state index contributed by atoms with van der Waals surface area (Å²) in [6, 6.07) is 20.5. The molecule has 2 bridgehead atoms. The lowest BCUT2D eigenvalue weighted by atomic mass is 9.77. The summed E-state index contributed by atoms with van der Waals surface area (Å²) in [7, 11) is 0. The van der Waals surface area contributed by atoms with Gasteiger partial charge >= 0.3 is 12.3 Å². The third-order valence-corrected chi connectivity index (χ3v) is 8.03. The molecule has 1 N–H and O–H groups in total. The Morgan fingerprint density at radius 1 is 0.921 bits per heavy atom. The van der Waals surface area contributed by atoms with E-state index in [4.69, 9.17) is 9.47 Å². The molecule has 3 aliphatic rings. The van der Waals surface area contributed by atoms with Gasteiger partial charge < -0.3 is 14.6 Å². The van der Waals surface area contributed by atoms with E-state index in [0.717, 1.165) is 28.3 Å². The molecule has 8 heteroatoms. The number of ether oxygens (including phenoxy) is 2. The highest BCUT2D eigenvalue weighted by atomic mass is 19.4. The summed E-state index contributed by atoms with van der Waals surface area (Å²) in [5.41, 5.74) is 2.42. The van der Waals surface area contributed by atoms with Gasteiger partial charge in [-0.05, 0) is 46.7 Å². The second kappa shape index (κ2) is 9.43. The van der Waals surface area contributed by atoms with Gasteiger partial charge in [0.05, 0.1) is 36.5 Å². The molecule has 2 aliphatic heterocycles. The van der Waals surface area contributed by atoms with Crippen molar-refractivity contribution < 1.29 is 32.5 Å². The van der Waals surface area contributed by atoms with Gasteiger partial charge in [-0.15, -0.1) is 0 Å². The van der Waals surface area contributed by atoms with E-state index in [-0.39, 0.29) is 50.6 Å². The first-order valence-electron chi connectivity index (χ1n) is 12.8. The fourth-order valence-electron chi connectivity index (χ4n) is 6.49. The Balaban J connectivity index is 1.18. The molecular formula is C30H28F3NO4. The largest absolute Gasteiger partial charge is 0.448 e. The van der Waals surface area contributed by atoms with Crippen molar-refractivity contribution in [1.82, 2.24) is 4.90 Å². The molecule has 2 heterocycles. The number of carbonyl (C=O) groups excluding carboxylic acids is 1. The third kappa shape index (κ3) is 4.46. The SMILES string of the molecule is O=C(OCC1c2ccccc2-c2ccccc21)N1C2COCC1CC(O)(Cc1ccccc1C(F)(F)F)C2. The number of hydrogen-bond donors (Lipinski definition) is 1. The summed E-state index contributed by atoms with van der Waals surface area (Å²) in [6.45, 7) is 0.570. The van der Waals surface area contributed by atoms with Gasteiger partial charge in [-0.2, -0.15) is 13.2 Å². The van der Waals surface area contributed by atoms with Crippen LogP contribution in [-0.2, 0) is 22.1 Å². The summed E-state index contributed by atoms with van der Waals surface area (Å²) in [5, 5.41) is 11.4. The average Bonchev–Trinajstić information content (AvgIpc) is 3.20. The minimum absolute atomic E-state index is 0.0519. The van der Waals surface area contributed by atoms with Crippen molar-refractivity contribution in [3.8, 4) is 11.1 Å². The van der Waals surface area contributed by atoms with Gasteiger partial charge in [0.1, 0.15) is 6.61 Å². The molecule has 0 saturated carbocycles. The Kier molecular flexibility index (Phi) is 6.19. The molecule has 2 saturated heterocycles. The molecule has 2 fully saturated rings. The maximum atomic E-state index is 13.6. The lowest BCUT2D eigenvalue weighted by Crippen LogP contribution is -2.64. The number of morpholine rings is 1. The topological polar surface area (TPSA) is 59.0 Å². The van der Waals surface area contributed by atoms with E-state index in [0.29, 0.717) is 0 Å². The molecule has 2 atom stereocenters. The van der Waals surface area contributed by atoms with E-state index >= 15 is 0 Å². The number of rotatable bonds is 4. The molecule has 1 amide bonds. The molecule has 38 heavy (non-hydrogen) atoms. The lowest BCUT2D eigenvalue weighted by Gasteiger charge is -2.51. The Morgan fingerprint density at radius 3 is 2.08 bits per heavy atom. The van der Waals surface area contributed by atoms with Crippen LogP contribution in [0.1, 0.15) is 41.0 Å². The summed E-state index contributed by atoms with van der Waals surface area (Å²) in [4.78, 5) is 15.0. The molecular weight excluding hydrogens is 495 g/mol. The van der Waals surface area contributed by atoms with Gasteiger partial charge in [0, 0.05) is 12.3 Å². The van der Waals surface area contributed by atoms with Crippen molar-refractivity contribution in [1.29, 1.82) is 0 Å². The number of alkyl halides is 3. The van der Waals surface area contributed by atoms with Gasteiger partial charge in [-0.1, -0.05) is 66.7 Å². The van der Waals surface area contributed by atoms with Crippen LogP contribution in [0, 0.1) is 0 Å². The molecule has 5 nitrogen and oxygen atoms in total. The lowest BCUT2D eigenvalue weighted by molar-refractivity contribution is -0.141.